The first kappa shape index (κ1) is 12.8. The van der Waals surface area contributed by atoms with E-state index < -0.39 is 5.38 Å². The van der Waals surface area contributed by atoms with Crippen LogP contribution in [-0.4, -0.2) is 10.5 Å². The van der Waals surface area contributed by atoms with Crippen LogP contribution < -0.4 is 0 Å². The van der Waals surface area contributed by atoms with Crippen molar-refractivity contribution in [1.29, 1.82) is 0 Å². The average molecular weight is 532 g/mol. The van der Waals surface area contributed by atoms with Crippen molar-refractivity contribution >= 4 is 95.6 Å². The largest absolute Gasteiger partial charge is 0.373 e. The zero-order valence-corrected chi connectivity index (χ0v) is 13.7. The molecule has 0 aliphatic rings. The second-order valence-corrected chi connectivity index (χ2v) is 12.3. The molecule has 7 heteroatoms. The van der Waals surface area contributed by atoms with Crippen LogP contribution in [0.25, 0.3) is 0 Å². The summed E-state index contributed by atoms with van der Waals surface area (Å²) in [5.74, 6) is 0. The molecule has 1 nitrogen and oxygen atoms in total. The zero-order chi connectivity index (χ0) is 8.58. The minimum Gasteiger partial charge on any atom is -0.373 e. The van der Waals surface area contributed by atoms with Crippen LogP contribution in [0, 0.1) is 5.01 Å². The lowest BCUT2D eigenvalue weighted by Gasteiger charge is -2.29. The molecule has 0 unspecified atom stereocenters. The Bertz CT molecular complexity index is 115. The van der Waals surface area contributed by atoms with Gasteiger partial charge in [-0.2, -0.15) is 0 Å². The molecule has 61 valence electrons. The lowest BCUT2D eigenvalue weighted by Crippen LogP contribution is -2.32. The van der Waals surface area contributed by atoms with Crippen molar-refractivity contribution in [2.24, 2.45) is 0 Å². The van der Waals surface area contributed by atoms with E-state index >= 15 is 0 Å². The summed E-state index contributed by atoms with van der Waals surface area (Å²) in [7, 11) is 0. The van der Waals surface area contributed by atoms with Gasteiger partial charge in [0.1, 0.15) is 0 Å². The van der Waals surface area contributed by atoms with E-state index in [2.05, 4.69) is 95.6 Å². The maximum atomic E-state index is 9.07. The molecule has 0 aromatic rings. The number of hydrogen-bond acceptors (Lipinski definition) is 1. The van der Waals surface area contributed by atoms with Gasteiger partial charge in [-0.1, -0.05) is 79.6 Å². The van der Waals surface area contributed by atoms with E-state index in [0.29, 0.717) is 0 Å². The van der Waals surface area contributed by atoms with Crippen LogP contribution in [0.3, 0.4) is 0 Å². The molecule has 0 aliphatic carbocycles. The Morgan fingerprint density at radius 3 is 1.30 bits per heavy atom. The lowest BCUT2D eigenvalue weighted by molar-refractivity contribution is 0.361. The van der Waals surface area contributed by atoms with Crippen LogP contribution in [0.15, 0.2) is 0 Å². The third-order valence-corrected chi connectivity index (χ3v) is 9.19. The molecule has 0 atom stereocenters. The minimum absolute atomic E-state index is 0.0191. The summed E-state index contributed by atoms with van der Waals surface area (Å²) in [4.78, 5) is 0. The van der Waals surface area contributed by atoms with Gasteiger partial charge in [-0.15, -0.1) is 0 Å². The Kier molecular flexibility index (Phi) is 5.61. The number of halogens is 6. The minimum atomic E-state index is -0.799. The molecular weight excluding hydrogens is 531 g/mol. The van der Waals surface area contributed by atoms with E-state index in [1.165, 1.54) is 0 Å². The predicted octanol–water partition coefficient (Wildman–Crippen LogP) is 4.57. The normalized spacial score (nSPS) is 14.4. The van der Waals surface area contributed by atoms with Crippen LogP contribution >= 0.6 is 95.6 Å². The van der Waals surface area contributed by atoms with Crippen molar-refractivity contribution in [3.8, 4) is 0 Å². The molecule has 10 heavy (non-hydrogen) atoms. The first-order valence-corrected chi connectivity index (χ1v) is 6.62. The quantitative estimate of drug-likeness (QED) is 0.491. The maximum absolute atomic E-state index is 9.07. The SMILES string of the molecule is O[C](Br)C(Br)(Br)C(Br)(Br)Br. The van der Waals surface area contributed by atoms with Crippen molar-refractivity contribution in [2.45, 2.75) is 5.38 Å². The molecule has 0 aromatic carbocycles. The Balaban J connectivity index is 4.40. The highest BCUT2D eigenvalue weighted by molar-refractivity contribution is 9.41. The number of aliphatic hydroxyl groups is 1. The molecule has 1 radical (unpaired) electrons. The van der Waals surface area contributed by atoms with Crippen molar-refractivity contribution in [3.05, 3.63) is 5.01 Å². The highest BCUT2D eigenvalue weighted by atomic mass is 80.0. The van der Waals surface area contributed by atoms with Gasteiger partial charge >= 0.3 is 0 Å². The molecule has 0 heterocycles. The zero-order valence-electron chi connectivity index (χ0n) is 4.22. The Labute approximate surface area is 109 Å². The molecular formula is C3HBr6O. The second kappa shape index (κ2) is 4.37. The van der Waals surface area contributed by atoms with Crippen LogP contribution in [0.1, 0.15) is 0 Å². The van der Waals surface area contributed by atoms with Gasteiger partial charge in [0.05, 0.1) is 0 Å². The fourth-order valence-electron chi connectivity index (χ4n) is 0.117. The molecule has 0 aromatic heterocycles. The molecule has 0 amide bonds. The topological polar surface area (TPSA) is 20.2 Å². The first-order chi connectivity index (χ1) is 4.19. The second-order valence-electron chi connectivity index (χ2n) is 1.36. The van der Waals surface area contributed by atoms with Gasteiger partial charge < -0.3 is 5.11 Å². The number of hydrogen-bond donors (Lipinski definition) is 1. The van der Waals surface area contributed by atoms with Crippen molar-refractivity contribution in [1.82, 2.24) is 0 Å². The van der Waals surface area contributed by atoms with Crippen molar-refractivity contribution in [3.63, 3.8) is 0 Å². The van der Waals surface area contributed by atoms with Crippen molar-refractivity contribution in [2.75, 3.05) is 0 Å². The van der Waals surface area contributed by atoms with Gasteiger partial charge in [0.25, 0.3) is 0 Å². The Hall–Kier alpha value is 2.84. The Morgan fingerprint density at radius 1 is 1.00 bits per heavy atom. The summed E-state index contributed by atoms with van der Waals surface area (Å²) in [6, 6.07) is 0. The molecule has 0 saturated heterocycles. The first-order valence-electron chi connectivity index (χ1n) is 1.86. The monoisotopic (exact) mass is 527 g/mol. The van der Waals surface area contributed by atoms with Crippen molar-refractivity contribution < 1.29 is 5.11 Å². The van der Waals surface area contributed by atoms with Gasteiger partial charge in [0, 0.05) is 0 Å². The summed E-state index contributed by atoms with van der Waals surface area (Å²) < 4.78 is -1.44. The fraction of sp³-hybridized carbons (Fsp3) is 0.667. The standard InChI is InChI=1S/C3HBr6O/c4-1(10)2(5,6)3(7,8)9/h10H. The predicted molar refractivity (Wildman–Crippen MR) is 64.2 cm³/mol. The van der Waals surface area contributed by atoms with Gasteiger partial charge in [-0.3, -0.25) is 0 Å². The highest BCUT2D eigenvalue weighted by Crippen LogP contribution is 2.57. The van der Waals surface area contributed by atoms with Gasteiger partial charge in [-0.25, -0.2) is 0 Å². The van der Waals surface area contributed by atoms with Crippen LogP contribution in [0.5, 0.6) is 0 Å². The molecule has 0 saturated carbocycles. The van der Waals surface area contributed by atoms with Crippen LogP contribution in [0.4, 0.5) is 0 Å². The molecule has 0 bridgehead atoms. The molecule has 0 rings (SSSR count). The average Bonchev–Trinajstić information content (AvgIpc) is 1.62. The smallest absolute Gasteiger partial charge is 0.188 e. The van der Waals surface area contributed by atoms with Crippen LogP contribution in [-0.2, 0) is 0 Å². The maximum Gasteiger partial charge on any atom is 0.188 e. The number of alkyl halides is 5. The summed E-state index contributed by atoms with van der Waals surface area (Å²) in [6.45, 7) is 0. The summed E-state index contributed by atoms with van der Waals surface area (Å²) in [5, 5.41) is 9.08. The van der Waals surface area contributed by atoms with Gasteiger partial charge in [0.15, 0.2) is 10.4 Å². The summed E-state index contributed by atoms with van der Waals surface area (Å²) >= 11 is 19.0. The van der Waals surface area contributed by atoms with E-state index in [9.17, 15) is 0 Å². The molecule has 0 spiro atoms. The summed E-state index contributed by atoms with van der Waals surface area (Å²) in [6.07, 6.45) is 0. The molecule has 0 aliphatic heterocycles. The summed E-state index contributed by atoms with van der Waals surface area (Å²) in [5.41, 5.74) is 0. The molecule has 0 fully saturated rings. The number of rotatable bonds is 1. The molecule has 1 N–H and O–H groups in total. The van der Waals surface area contributed by atoms with E-state index in [0.717, 1.165) is 0 Å². The third kappa shape index (κ3) is 3.30. The number of aliphatic hydroxyl groups excluding tert-OH is 1. The third-order valence-electron chi connectivity index (χ3n) is 0.615. The highest BCUT2D eigenvalue weighted by Gasteiger charge is 2.48. The van der Waals surface area contributed by atoms with E-state index in [1.54, 1.807) is 0 Å². The van der Waals surface area contributed by atoms with Gasteiger partial charge in [0.2, 0.25) is 0 Å². The van der Waals surface area contributed by atoms with Crippen LogP contribution in [0.2, 0.25) is 0 Å². The van der Waals surface area contributed by atoms with E-state index in [4.69, 9.17) is 5.11 Å². The lowest BCUT2D eigenvalue weighted by atomic mass is 10.5. The van der Waals surface area contributed by atoms with E-state index in [1.807, 2.05) is 0 Å². The fourth-order valence-corrected chi connectivity index (χ4v) is 1.78. The Morgan fingerprint density at radius 2 is 1.30 bits per heavy atom. The van der Waals surface area contributed by atoms with E-state index in [-0.39, 0.29) is 5.01 Å². The van der Waals surface area contributed by atoms with Gasteiger partial charge in [-0.05, 0) is 15.9 Å².